The molecule has 0 saturated carbocycles. The molecule has 0 spiro atoms. The Kier molecular flexibility index (Phi) is 4.24. The van der Waals surface area contributed by atoms with Gasteiger partial charge in [-0.1, -0.05) is 11.3 Å². The molecule has 1 aromatic heterocycles. The van der Waals surface area contributed by atoms with Crippen LogP contribution in [0.1, 0.15) is 12.8 Å². The first-order valence-electron chi connectivity index (χ1n) is 5.88. The maximum Gasteiger partial charge on any atom is 0.304 e. The highest BCUT2D eigenvalue weighted by Gasteiger charge is 2.33. The first kappa shape index (κ1) is 16.1. The van der Waals surface area contributed by atoms with E-state index in [0.717, 1.165) is 6.07 Å². The summed E-state index contributed by atoms with van der Waals surface area (Å²) in [7, 11) is -7.28. The molecule has 1 atom stereocenters. The molecule has 2 heterocycles. The molecular weight excluding hydrogens is 342 g/mol. The minimum absolute atomic E-state index is 0.0524. The Morgan fingerprint density at radius 1 is 1.52 bits per heavy atom. The Hall–Kier alpha value is -1.24. The molecule has 1 fully saturated rings. The Labute approximate surface area is 125 Å². The summed E-state index contributed by atoms with van der Waals surface area (Å²) >= 11 is 0.568. The van der Waals surface area contributed by atoms with Crippen LogP contribution in [-0.2, 0) is 19.9 Å². The summed E-state index contributed by atoms with van der Waals surface area (Å²) in [6.45, 7) is -0.240. The van der Waals surface area contributed by atoms with Crippen LogP contribution in [0.5, 0.6) is 0 Å². The van der Waals surface area contributed by atoms with Gasteiger partial charge in [-0.15, -0.1) is 0 Å². The van der Waals surface area contributed by atoms with Gasteiger partial charge in [-0.3, -0.25) is 10.1 Å². The molecule has 0 bridgehead atoms. The van der Waals surface area contributed by atoms with Crippen LogP contribution in [0.25, 0.3) is 0 Å². The van der Waals surface area contributed by atoms with Gasteiger partial charge < -0.3 is 5.73 Å². The molecular formula is C9H13N3O6S3. The average Bonchev–Trinajstić information content (AvgIpc) is 2.90. The highest BCUT2D eigenvalue weighted by atomic mass is 32.2. The number of sulfone groups is 1. The fraction of sp³-hybridized carbons (Fsp3) is 0.556. The Bertz CT molecular complexity index is 767. The van der Waals surface area contributed by atoms with Crippen molar-refractivity contribution < 1.29 is 21.8 Å². The van der Waals surface area contributed by atoms with Crippen molar-refractivity contribution in [3.63, 3.8) is 0 Å². The third-order valence-corrected chi connectivity index (χ3v) is 8.27. The highest BCUT2D eigenvalue weighted by molar-refractivity contribution is 7.93. The average molecular weight is 355 g/mol. The monoisotopic (exact) mass is 355 g/mol. The van der Waals surface area contributed by atoms with Crippen LogP contribution in [0, 0.1) is 10.1 Å². The van der Waals surface area contributed by atoms with E-state index >= 15 is 0 Å². The van der Waals surface area contributed by atoms with Gasteiger partial charge in [0.15, 0.2) is 14.8 Å². The zero-order chi connectivity index (χ0) is 15.8. The normalized spacial score (nSPS) is 21.4. The van der Waals surface area contributed by atoms with Crippen molar-refractivity contribution in [3.05, 3.63) is 16.2 Å². The van der Waals surface area contributed by atoms with Crippen molar-refractivity contribution in [1.82, 2.24) is 4.72 Å². The summed E-state index contributed by atoms with van der Waals surface area (Å²) in [5.41, 5.74) is 4.91. The van der Waals surface area contributed by atoms with E-state index in [4.69, 9.17) is 5.73 Å². The summed E-state index contributed by atoms with van der Waals surface area (Å²) in [4.78, 5) is 9.88. The number of rotatable bonds is 5. The SMILES string of the molecule is Nc1sc(S(=O)(=O)NCC2CCCS2(=O)=O)cc1[N+](=O)[O-]. The van der Waals surface area contributed by atoms with Gasteiger partial charge in [-0.25, -0.2) is 21.6 Å². The van der Waals surface area contributed by atoms with E-state index in [1.807, 2.05) is 0 Å². The van der Waals surface area contributed by atoms with E-state index in [-0.39, 0.29) is 21.5 Å². The van der Waals surface area contributed by atoms with E-state index < -0.39 is 35.7 Å². The van der Waals surface area contributed by atoms with Crippen LogP contribution in [0.4, 0.5) is 10.7 Å². The fourth-order valence-corrected chi connectivity index (χ4v) is 6.22. The summed E-state index contributed by atoms with van der Waals surface area (Å²) in [6.07, 6.45) is 0.906. The molecule has 118 valence electrons. The number of nitro groups is 1. The molecule has 0 radical (unpaired) electrons. The van der Waals surface area contributed by atoms with Gasteiger partial charge in [-0.2, -0.15) is 0 Å². The van der Waals surface area contributed by atoms with Gasteiger partial charge in [0.25, 0.3) is 0 Å². The standard InChI is InChI=1S/C9H13N3O6S3/c10-9-7(12(13)14)4-8(19-9)21(17,18)11-5-6-2-1-3-20(6,15)16/h4,6,11H,1-3,5,10H2. The zero-order valence-electron chi connectivity index (χ0n) is 10.7. The van der Waals surface area contributed by atoms with Crippen LogP contribution in [0.15, 0.2) is 10.3 Å². The number of anilines is 1. The molecule has 3 N–H and O–H groups in total. The van der Waals surface area contributed by atoms with Crippen molar-refractivity contribution in [2.45, 2.75) is 22.3 Å². The molecule has 1 saturated heterocycles. The largest absolute Gasteiger partial charge is 0.385 e. The van der Waals surface area contributed by atoms with Gasteiger partial charge in [0.2, 0.25) is 10.0 Å². The topological polar surface area (TPSA) is 149 Å². The molecule has 1 aliphatic heterocycles. The smallest absolute Gasteiger partial charge is 0.304 e. The molecule has 12 heteroatoms. The second-order valence-corrected chi connectivity index (χ2v) is 10.0. The third kappa shape index (κ3) is 3.33. The highest BCUT2D eigenvalue weighted by Crippen LogP contribution is 2.34. The minimum atomic E-state index is -4.01. The van der Waals surface area contributed by atoms with Crippen LogP contribution in [-0.4, -0.2) is 39.3 Å². The Balaban J connectivity index is 2.16. The van der Waals surface area contributed by atoms with E-state index in [1.165, 1.54) is 0 Å². The lowest BCUT2D eigenvalue weighted by molar-refractivity contribution is -0.383. The number of hydrogen-bond donors (Lipinski definition) is 2. The quantitative estimate of drug-likeness (QED) is 0.561. The van der Waals surface area contributed by atoms with Crippen LogP contribution in [0.2, 0.25) is 0 Å². The molecule has 2 rings (SSSR count). The molecule has 0 amide bonds. The van der Waals surface area contributed by atoms with Crippen molar-refractivity contribution in [3.8, 4) is 0 Å². The molecule has 21 heavy (non-hydrogen) atoms. The van der Waals surface area contributed by atoms with Crippen LogP contribution < -0.4 is 10.5 Å². The van der Waals surface area contributed by atoms with Crippen LogP contribution in [0.3, 0.4) is 0 Å². The lowest BCUT2D eigenvalue weighted by Gasteiger charge is -2.10. The van der Waals surface area contributed by atoms with Crippen molar-refractivity contribution >= 4 is 41.9 Å². The number of nitrogens with one attached hydrogen (secondary N) is 1. The first-order valence-corrected chi connectivity index (χ1v) is 9.90. The summed E-state index contributed by atoms with van der Waals surface area (Å²) in [6, 6.07) is 0.867. The second kappa shape index (κ2) is 5.51. The van der Waals surface area contributed by atoms with Gasteiger partial charge >= 0.3 is 5.69 Å². The predicted molar refractivity (Wildman–Crippen MR) is 77.4 cm³/mol. The Morgan fingerprint density at radius 2 is 2.19 bits per heavy atom. The number of thiophene rings is 1. The van der Waals surface area contributed by atoms with Crippen LogP contribution >= 0.6 is 11.3 Å². The molecule has 1 unspecified atom stereocenters. The van der Waals surface area contributed by atoms with Crippen molar-refractivity contribution in [2.75, 3.05) is 18.0 Å². The summed E-state index contributed by atoms with van der Waals surface area (Å²) < 4.78 is 49.1. The molecule has 1 aromatic rings. The number of nitrogens with two attached hydrogens (primary N) is 1. The van der Waals surface area contributed by atoms with E-state index in [1.54, 1.807) is 0 Å². The van der Waals surface area contributed by atoms with Gasteiger partial charge in [0, 0.05) is 12.6 Å². The number of sulfonamides is 1. The maximum absolute atomic E-state index is 12.0. The molecule has 0 aromatic carbocycles. The molecule has 0 aliphatic carbocycles. The molecule has 1 aliphatic rings. The number of hydrogen-bond acceptors (Lipinski definition) is 8. The second-order valence-electron chi connectivity index (χ2n) is 4.56. The fourth-order valence-electron chi connectivity index (χ4n) is 2.01. The number of nitrogen functional groups attached to an aromatic ring is 1. The van der Waals surface area contributed by atoms with Gasteiger partial charge in [-0.05, 0) is 12.8 Å². The predicted octanol–water partition coefficient (Wildman–Crippen LogP) is 0.0940. The summed E-state index contributed by atoms with van der Waals surface area (Å²) in [5.74, 6) is 0.0524. The zero-order valence-corrected chi connectivity index (χ0v) is 13.1. The summed E-state index contributed by atoms with van der Waals surface area (Å²) in [5, 5.41) is 9.69. The van der Waals surface area contributed by atoms with Gasteiger partial charge in [0.1, 0.15) is 4.21 Å². The van der Waals surface area contributed by atoms with Crippen molar-refractivity contribution in [1.29, 1.82) is 0 Å². The minimum Gasteiger partial charge on any atom is -0.385 e. The lowest BCUT2D eigenvalue weighted by Crippen LogP contribution is -2.34. The first-order chi connectivity index (χ1) is 9.63. The third-order valence-electron chi connectivity index (χ3n) is 3.14. The van der Waals surface area contributed by atoms with E-state index in [9.17, 15) is 26.9 Å². The van der Waals surface area contributed by atoms with Gasteiger partial charge in [0.05, 0.1) is 15.9 Å². The Morgan fingerprint density at radius 3 is 2.67 bits per heavy atom. The lowest BCUT2D eigenvalue weighted by atomic mass is 10.2. The molecule has 9 nitrogen and oxygen atoms in total. The van der Waals surface area contributed by atoms with E-state index in [0.29, 0.717) is 24.2 Å². The number of nitrogens with zero attached hydrogens (tertiary/aromatic N) is 1. The maximum atomic E-state index is 12.0. The van der Waals surface area contributed by atoms with E-state index in [2.05, 4.69) is 4.72 Å². The van der Waals surface area contributed by atoms with Crippen molar-refractivity contribution in [2.24, 2.45) is 0 Å².